The minimum absolute atomic E-state index is 0.229. The fourth-order valence-electron chi connectivity index (χ4n) is 3.81. The normalized spacial score (nSPS) is 18.2. The van der Waals surface area contributed by atoms with Gasteiger partial charge in [-0.2, -0.15) is 0 Å². The summed E-state index contributed by atoms with van der Waals surface area (Å²) in [4.78, 5) is 22.6. The predicted molar refractivity (Wildman–Crippen MR) is 115 cm³/mol. The number of hydrogen-bond donors (Lipinski definition) is 2. The van der Waals surface area contributed by atoms with Gasteiger partial charge in [0.15, 0.2) is 0 Å². The van der Waals surface area contributed by atoms with Crippen molar-refractivity contribution in [3.8, 4) is 11.1 Å². The number of rotatable bonds is 8. The predicted octanol–water partition coefficient (Wildman–Crippen LogP) is 5.40. The number of aliphatic carboxylic acids is 1. The third-order valence-electron chi connectivity index (χ3n) is 5.69. The molecule has 1 aliphatic rings. The fourth-order valence-corrected chi connectivity index (χ4v) is 3.81. The summed E-state index contributed by atoms with van der Waals surface area (Å²) in [6, 6.07) is 8.72. The van der Waals surface area contributed by atoms with Gasteiger partial charge >= 0.3 is 12.1 Å². The molecule has 1 amide bonds. The smallest absolute Gasteiger partial charge is 0.411 e. The van der Waals surface area contributed by atoms with E-state index in [1.165, 1.54) is 18.2 Å². The SMILES string of the molecule is Cc1ccc(-c2ccc(NC(=O)OCC3CCC(COCC(=O)O)CC3)cc2F)cc1F. The molecule has 0 unspecified atom stereocenters. The van der Waals surface area contributed by atoms with Crippen LogP contribution in [-0.4, -0.2) is 37.0 Å². The van der Waals surface area contributed by atoms with E-state index >= 15 is 0 Å². The highest BCUT2D eigenvalue weighted by Crippen LogP contribution is 2.30. The summed E-state index contributed by atoms with van der Waals surface area (Å²) in [7, 11) is 0. The van der Waals surface area contributed by atoms with Crippen LogP contribution in [0.15, 0.2) is 36.4 Å². The highest BCUT2D eigenvalue weighted by atomic mass is 19.1. The molecule has 8 heteroatoms. The number of anilines is 1. The van der Waals surface area contributed by atoms with E-state index in [2.05, 4.69) is 5.32 Å². The topological polar surface area (TPSA) is 84.9 Å². The van der Waals surface area contributed by atoms with Crippen molar-refractivity contribution in [3.63, 3.8) is 0 Å². The van der Waals surface area contributed by atoms with Crippen LogP contribution in [0.4, 0.5) is 19.3 Å². The minimum atomic E-state index is -0.975. The van der Waals surface area contributed by atoms with Gasteiger partial charge in [0, 0.05) is 11.3 Å². The van der Waals surface area contributed by atoms with Crippen LogP contribution in [-0.2, 0) is 14.3 Å². The number of benzene rings is 2. The van der Waals surface area contributed by atoms with Gasteiger partial charge < -0.3 is 14.6 Å². The van der Waals surface area contributed by atoms with Crippen LogP contribution in [0.2, 0.25) is 0 Å². The number of hydrogen-bond acceptors (Lipinski definition) is 4. The lowest BCUT2D eigenvalue weighted by molar-refractivity contribution is -0.142. The number of carbonyl (C=O) groups is 2. The Bertz CT molecular complexity index is 957. The van der Waals surface area contributed by atoms with Crippen molar-refractivity contribution in [1.82, 2.24) is 0 Å². The molecule has 0 saturated heterocycles. The van der Waals surface area contributed by atoms with E-state index in [4.69, 9.17) is 14.6 Å². The third kappa shape index (κ3) is 6.75. The molecule has 2 aromatic carbocycles. The van der Waals surface area contributed by atoms with Crippen molar-refractivity contribution in [2.75, 3.05) is 25.1 Å². The molecule has 1 aliphatic carbocycles. The molecule has 0 atom stereocenters. The average molecular weight is 447 g/mol. The van der Waals surface area contributed by atoms with E-state index in [1.807, 2.05) is 0 Å². The van der Waals surface area contributed by atoms with Gasteiger partial charge in [-0.25, -0.2) is 18.4 Å². The molecule has 1 saturated carbocycles. The molecule has 3 rings (SSSR count). The van der Waals surface area contributed by atoms with Crippen molar-refractivity contribution in [2.24, 2.45) is 11.8 Å². The number of carboxylic acid groups (broad SMARTS) is 1. The molecular formula is C24H27F2NO5. The summed E-state index contributed by atoms with van der Waals surface area (Å²) in [6.45, 7) is 2.04. The summed E-state index contributed by atoms with van der Waals surface area (Å²) >= 11 is 0. The monoisotopic (exact) mass is 447 g/mol. The molecule has 2 N–H and O–H groups in total. The average Bonchev–Trinajstić information content (AvgIpc) is 2.75. The number of ether oxygens (including phenoxy) is 2. The number of aryl methyl sites for hydroxylation is 1. The van der Waals surface area contributed by atoms with Gasteiger partial charge in [0.25, 0.3) is 0 Å². The molecule has 2 aromatic rings. The highest BCUT2D eigenvalue weighted by molar-refractivity contribution is 5.85. The highest BCUT2D eigenvalue weighted by Gasteiger charge is 2.23. The van der Waals surface area contributed by atoms with Crippen molar-refractivity contribution in [1.29, 1.82) is 0 Å². The summed E-state index contributed by atoms with van der Waals surface area (Å²) in [6.07, 6.45) is 2.85. The lowest BCUT2D eigenvalue weighted by atomic mass is 9.83. The summed E-state index contributed by atoms with van der Waals surface area (Å²) in [5.41, 5.74) is 1.40. The second kappa shape index (κ2) is 11.0. The maximum absolute atomic E-state index is 14.5. The fraction of sp³-hybridized carbons (Fsp3) is 0.417. The Kier molecular flexibility index (Phi) is 8.16. The van der Waals surface area contributed by atoms with Crippen molar-refractivity contribution >= 4 is 17.7 Å². The van der Waals surface area contributed by atoms with Crippen LogP contribution in [0.3, 0.4) is 0 Å². The largest absolute Gasteiger partial charge is 0.480 e. The Morgan fingerprint density at radius 3 is 2.31 bits per heavy atom. The molecule has 0 spiro atoms. The van der Waals surface area contributed by atoms with E-state index < -0.39 is 23.7 Å². The maximum Gasteiger partial charge on any atom is 0.411 e. The molecule has 0 bridgehead atoms. The van der Waals surface area contributed by atoms with E-state index in [1.54, 1.807) is 25.1 Å². The first-order chi connectivity index (χ1) is 15.3. The summed E-state index contributed by atoms with van der Waals surface area (Å²) in [5, 5.41) is 11.1. The van der Waals surface area contributed by atoms with Crippen LogP contribution in [0, 0.1) is 30.4 Å². The van der Waals surface area contributed by atoms with Gasteiger partial charge in [-0.1, -0.05) is 12.1 Å². The van der Waals surface area contributed by atoms with Crippen LogP contribution >= 0.6 is 0 Å². The number of carboxylic acids is 1. The zero-order valence-corrected chi connectivity index (χ0v) is 17.9. The van der Waals surface area contributed by atoms with Crippen LogP contribution < -0.4 is 5.32 Å². The van der Waals surface area contributed by atoms with Crippen molar-refractivity contribution in [3.05, 3.63) is 53.6 Å². The van der Waals surface area contributed by atoms with E-state index in [-0.39, 0.29) is 30.4 Å². The molecule has 0 radical (unpaired) electrons. The molecule has 32 heavy (non-hydrogen) atoms. The Labute approximate surface area is 185 Å². The molecule has 0 aromatic heterocycles. The van der Waals surface area contributed by atoms with Crippen LogP contribution in [0.1, 0.15) is 31.2 Å². The Morgan fingerprint density at radius 2 is 1.69 bits per heavy atom. The number of amides is 1. The van der Waals surface area contributed by atoms with Gasteiger partial charge in [-0.05, 0) is 79.8 Å². The van der Waals surface area contributed by atoms with Gasteiger partial charge in [0.05, 0.1) is 13.2 Å². The van der Waals surface area contributed by atoms with Gasteiger partial charge in [0.1, 0.15) is 18.2 Å². The van der Waals surface area contributed by atoms with Gasteiger partial charge in [-0.15, -0.1) is 0 Å². The van der Waals surface area contributed by atoms with E-state index in [9.17, 15) is 18.4 Å². The first-order valence-corrected chi connectivity index (χ1v) is 10.6. The first-order valence-electron chi connectivity index (χ1n) is 10.6. The first kappa shape index (κ1) is 23.7. The van der Waals surface area contributed by atoms with E-state index in [0.717, 1.165) is 25.7 Å². The second-order valence-corrected chi connectivity index (χ2v) is 8.18. The molecule has 6 nitrogen and oxygen atoms in total. The summed E-state index contributed by atoms with van der Waals surface area (Å²) < 4.78 is 38.7. The van der Waals surface area contributed by atoms with Crippen molar-refractivity contribution < 1.29 is 33.0 Å². The number of halogens is 2. The quantitative estimate of drug-likeness (QED) is 0.566. The Balaban J connectivity index is 1.44. The zero-order valence-electron chi connectivity index (χ0n) is 17.9. The van der Waals surface area contributed by atoms with Crippen LogP contribution in [0.25, 0.3) is 11.1 Å². The van der Waals surface area contributed by atoms with Crippen molar-refractivity contribution in [2.45, 2.75) is 32.6 Å². The summed E-state index contributed by atoms with van der Waals surface area (Å²) in [5.74, 6) is -1.41. The Hall–Kier alpha value is -3.00. The standard InChI is InChI=1S/C24H27F2NO5/c1-15-2-7-18(10-21(15)25)20-9-8-19(11-22(20)26)27-24(30)32-13-17-5-3-16(4-6-17)12-31-14-23(28)29/h2,7-11,16-17H,3-6,12-14H2,1H3,(H,27,30)(H,28,29). The zero-order chi connectivity index (χ0) is 23.1. The Morgan fingerprint density at radius 1 is 1.00 bits per heavy atom. The lowest BCUT2D eigenvalue weighted by Crippen LogP contribution is -2.25. The minimum Gasteiger partial charge on any atom is -0.480 e. The molecule has 0 aliphatic heterocycles. The molecule has 0 heterocycles. The lowest BCUT2D eigenvalue weighted by Gasteiger charge is -2.27. The molecular weight excluding hydrogens is 420 g/mol. The number of carbonyl (C=O) groups excluding carboxylic acids is 1. The number of nitrogens with one attached hydrogen (secondary N) is 1. The third-order valence-corrected chi connectivity index (χ3v) is 5.69. The van der Waals surface area contributed by atoms with E-state index in [0.29, 0.717) is 23.7 Å². The second-order valence-electron chi connectivity index (χ2n) is 8.18. The van der Waals surface area contributed by atoms with Gasteiger partial charge in [-0.3, -0.25) is 5.32 Å². The molecule has 172 valence electrons. The molecule has 1 fully saturated rings. The van der Waals surface area contributed by atoms with Crippen LogP contribution in [0.5, 0.6) is 0 Å². The maximum atomic E-state index is 14.5. The van der Waals surface area contributed by atoms with Gasteiger partial charge in [0.2, 0.25) is 0 Å².